The molecule has 0 aliphatic carbocycles. The van der Waals surface area contributed by atoms with Crippen molar-refractivity contribution in [3.63, 3.8) is 0 Å². The highest BCUT2D eigenvalue weighted by molar-refractivity contribution is 7.99. The molecule has 0 bridgehead atoms. The Labute approximate surface area is 131 Å². The van der Waals surface area contributed by atoms with Gasteiger partial charge in [0.2, 0.25) is 5.91 Å². The molecule has 1 aromatic rings. The van der Waals surface area contributed by atoms with Gasteiger partial charge in [0.05, 0.1) is 0 Å². The molecule has 1 aliphatic heterocycles. The minimum absolute atomic E-state index is 0. The first-order chi connectivity index (χ1) is 9.06. The SMILES string of the molecule is Cc1ccc(SCCC(=O)N2CC[C@@H](N)C2)cc1C.Cl. The smallest absolute Gasteiger partial charge is 0.223 e. The van der Waals surface area contributed by atoms with Crippen molar-refractivity contribution in [2.24, 2.45) is 5.73 Å². The van der Waals surface area contributed by atoms with Gasteiger partial charge in [0.1, 0.15) is 0 Å². The van der Waals surface area contributed by atoms with Crippen LogP contribution in [0.4, 0.5) is 0 Å². The van der Waals surface area contributed by atoms with Crippen LogP contribution in [0.3, 0.4) is 0 Å². The quantitative estimate of drug-likeness (QED) is 0.869. The number of aryl methyl sites for hydroxylation is 2. The van der Waals surface area contributed by atoms with E-state index >= 15 is 0 Å². The fourth-order valence-electron chi connectivity index (χ4n) is 2.23. The van der Waals surface area contributed by atoms with E-state index in [1.807, 2.05) is 4.90 Å². The van der Waals surface area contributed by atoms with Gasteiger partial charge in [0, 0.05) is 36.2 Å². The van der Waals surface area contributed by atoms with Crippen LogP contribution in [-0.2, 0) is 4.79 Å². The van der Waals surface area contributed by atoms with Crippen molar-refractivity contribution < 1.29 is 4.79 Å². The lowest BCUT2D eigenvalue weighted by Crippen LogP contribution is -2.31. The molecule has 2 N–H and O–H groups in total. The van der Waals surface area contributed by atoms with Gasteiger partial charge in [-0.05, 0) is 43.5 Å². The maximum Gasteiger partial charge on any atom is 0.223 e. The molecule has 20 heavy (non-hydrogen) atoms. The normalized spacial score (nSPS) is 17.9. The van der Waals surface area contributed by atoms with Crippen molar-refractivity contribution in [2.75, 3.05) is 18.8 Å². The molecule has 112 valence electrons. The highest BCUT2D eigenvalue weighted by atomic mass is 35.5. The molecule has 1 aromatic carbocycles. The zero-order valence-corrected chi connectivity index (χ0v) is 13.7. The van der Waals surface area contributed by atoms with E-state index in [-0.39, 0.29) is 24.4 Å². The third-order valence-electron chi connectivity index (χ3n) is 3.64. The summed E-state index contributed by atoms with van der Waals surface area (Å²) in [5, 5.41) is 0. The van der Waals surface area contributed by atoms with Crippen molar-refractivity contribution in [1.29, 1.82) is 0 Å². The van der Waals surface area contributed by atoms with Crippen LogP contribution in [0.2, 0.25) is 0 Å². The first kappa shape index (κ1) is 17.3. The van der Waals surface area contributed by atoms with E-state index in [4.69, 9.17) is 5.73 Å². The molecule has 2 rings (SSSR count). The third kappa shape index (κ3) is 4.69. The Kier molecular flexibility index (Phi) is 6.86. The summed E-state index contributed by atoms with van der Waals surface area (Å²) >= 11 is 1.75. The summed E-state index contributed by atoms with van der Waals surface area (Å²) in [4.78, 5) is 15.1. The van der Waals surface area contributed by atoms with Crippen molar-refractivity contribution >= 4 is 30.1 Å². The summed E-state index contributed by atoms with van der Waals surface area (Å²) in [6.45, 7) is 5.79. The molecular weight excluding hydrogens is 292 g/mol. The number of nitrogens with zero attached hydrogens (tertiary/aromatic N) is 1. The van der Waals surface area contributed by atoms with E-state index in [1.165, 1.54) is 16.0 Å². The summed E-state index contributed by atoms with van der Waals surface area (Å²) in [6, 6.07) is 6.63. The monoisotopic (exact) mass is 314 g/mol. The number of nitrogens with two attached hydrogens (primary N) is 1. The maximum absolute atomic E-state index is 12.0. The first-order valence-electron chi connectivity index (χ1n) is 6.79. The molecule has 0 saturated carbocycles. The van der Waals surface area contributed by atoms with Gasteiger partial charge in [-0.2, -0.15) is 0 Å². The van der Waals surface area contributed by atoms with Crippen molar-refractivity contribution in [2.45, 2.75) is 37.6 Å². The summed E-state index contributed by atoms with van der Waals surface area (Å²) in [5.41, 5.74) is 8.43. The third-order valence-corrected chi connectivity index (χ3v) is 4.64. The summed E-state index contributed by atoms with van der Waals surface area (Å²) in [7, 11) is 0. The minimum atomic E-state index is 0. The molecule has 0 unspecified atom stereocenters. The number of carbonyl (C=O) groups is 1. The predicted molar refractivity (Wildman–Crippen MR) is 87.7 cm³/mol. The molecule has 1 atom stereocenters. The highest BCUT2D eigenvalue weighted by Gasteiger charge is 2.22. The van der Waals surface area contributed by atoms with Crippen LogP contribution in [0, 0.1) is 13.8 Å². The number of hydrogen-bond acceptors (Lipinski definition) is 3. The molecule has 0 aromatic heterocycles. The molecular formula is C15H23ClN2OS. The second-order valence-electron chi connectivity index (χ2n) is 5.23. The second-order valence-corrected chi connectivity index (χ2v) is 6.40. The molecule has 1 amide bonds. The van der Waals surface area contributed by atoms with Gasteiger partial charge in [-0.1, -0.05) is 6.07 Å². The highest BCUT2D eigenvalue weighted by Crippen LogP contribution is 2.22. The van der Waals surface area contributed by atoms with Gasteiger partial charge in [0.25, 0.3) is 0 Å². The van der Waals surface area contributed by atoms with E-state index in [0.29, 0.717) is 6.42 Å². The van der Waals surface area contributed by atoms with Gasteiger partial charge in [0.15, 0.2) is 0 Å². The number of halogens is 1. The molecule has 5 heteroatoms. The lowest BCUT2D eigenvalue weighted by molar-refractivity contribution is -0.129. The average molecular weight is 315 g/mol. The molecule has 3 nitrogen and oxygen atoms in total. The largest absolute Gasteiger partial charge is 0.341 e. The summed E-state index contributed by atoms with van der Waals surface area (Å²) in [6.07, 6.45) is 1.54. The van der Waals surface area contributed by atoms with E-state index < -0.39 is 0 Å². The topological polar surface area (TPSA) is 46.3 Å². The van der Waals surface area contributed by atoms with Gasteiger partial charge < -0.3 is 10.6 Å². The van der Waals surface area contributed by atoms with Crippen molar-refractivity contribution in [3.8, 4) is 0 Å². The van der Waals surface area contributed by atoms with E-state index in [9.17, 15) is 4.79 Å². The Balaban J connectivity index is 0.00000200. The average Bonchev–Trinajstić information content (AvgIpc) is 2.80. The molecule has 0 radical (unpaired) electrons. The van der Waals surface area contributed by atoms with Crippen LogP contribution >= 0.6 is 24.2 Å². The minimum Gasteiger partial charge on any atom is -0.341 e. The zero-order chi connectivity index (χ0) is 13.8. The molecule has 1 fully saturated rings. The molecule has 1 heterocycles. The Morgan fingerprint density at radius 1 is 1.40 bits per heavy atom. The number of rotatable bonds is 4. The van der Waals surface area contributed by atoms with Crippen LogP contribution in [0.25, 0.3) is 0 Å². The maximum atomic E-state index is 12.0. The standard InChI is InChI=1S/C15H22N2OS.ClH/c1-11-3-4-14(9-12(11)2)19-8-6-15(18)17-7-5-13(16)10-17;/h3-4,9,13H,5-8,10,16H2,1-2H3;1H/t13-;/m1./s1. The number of carbonyl (C=O) groups excluding carboxylic acids is 1. The van der Waals surface area contributed by atoms with Crippen LogP contribution in [0.1, 0.15) is 24.0 Å². The Morgan fingerprint density at radius 2 is 2.15 bits per heavy atom. The molecule has 1 saturated heterocycles. The predicted octanol–water partition coefficient (Wildman–Crippen LogP) is 2.77. The van der Waals surface area contributed by atoms with E-state index in [2.05, 4.69) is 32.0 Å². The van der Waals surface area contributed by atoms with Crippen molar-refractivity contribution in [3.05, 3.63) is 29.3 Å². The summed E-state index contributed by atoms with van der Waals surface area (Å²) < 4.78 is 0. The lowest BCUT2D eigenvalue weighted by Gasteiger charge is -2.15. The Hall–Kier alpha value is -0.710. The summed E-state index contributed by atoms with van der Waals surface area (Å²) in [5.74, 6) is 1.08. The molecule has 1 aliphatic rings. The van der Waals surface area contributed by atoms with Crippen LogP contribution in [0.5, 0.6) is 0 Å². The number of amides is 1. The second kappa shape index (κ2) is 7.91. The van der Waals surface area contributed by atoms with Crippen molar-refractivity contribution in [1.82, 2.24) is 4.90 Å². The van der Waals surface area contributed by atoms with Crippen LogP contribution < -0.4 is 5.73 Å². The van der Waals surface area contributed by atoms with Gasteiger partial charge in [-0.25, -0.2) is 0 Å². The van der Waals surface area contributed by atoms with Gasteiger partial charge in [-0.15, -0.1) is 24.2 Å². The van der Waals surface area contributed by atoms with Crippen LogP contribution in [-0.4, -0.2) is 35.7 Å². The Bertz CT molecular complexity index is 467. The molecule has 0 spiro atoms. The number of thioether (sulfide) groups is 1. The Morgan fingerprint density at radius 3 is 2.75 bits per heavy atom. The number of benzene rings is 1. The number of hydrogen-bond donors (Lipinski definition) is 1. The van der Waals surface area contributed by atoms with E-state index in [1.54, 1.807) is 11.8 Å². The number of likely N-dealkylation sites (tertiary alicyclic amines) is 1. The van der Waals surface area contributed by atoms with Gasteiger partial charge in [-0.3, -0.25) is 4.79 Å². The van der Waals surface area contributed by atoms with Gasteiger partial charge >= 0.3 is 0 Å². The fraction of sp³-hybridized carbons (Fsp3) is 0.533. The zero-order valence-electron chi connectivity index (χ0n) is 12.1. The fourth-order valence-corrected chi connectivity index (χ4v) is 3.17. The van der Waals surface area contributed by atoms with Crippen LogP contribution in [0.15, 0.2) is 23.1 Å². The van der Waals surface area contributed by atoms with E-state index in [0.717, 1.165) is 25.3 Å². The first-order valence-corrected chi connectivity index (χ1v) is 7.78. The lowest BCUT2D eigenvalue weighted by atomic mass is 10.1.